The van der Waals surface area contributed by atoms with Gasteiger partial charge in [-0.15, -0.1) is 0 Å². The molecule has 1 fully saturated rings. The van der Waals surface area contributed by atoms with Gasteiger partial charge in [-0.25, -0.2) is 4.79 Å². The van der Waals surface area contributed by atoms with Crippen molar-refractivity contribution in [1.29, 1.82) is 0 Å². The molecule has 90 valence electrons. The van der Waals surface area contributed by atoms with Gasteiger partial charge in [0.05, 0.1) is 12.5 Å². The molecule has 0 bridgehead atoms. The van der Waals surface area contributed by atoms with E-state index in [0.29, 0.717) is 16.8 Å². The molecule has 0 atom stereocenters. The van der Waals surface area contributed by atoms with E-state index in [2.05, 4.69) is 4.99 Å². The highest BCUT2D eigenvalue weighted by atomic mass is 35.5. The highest BCUT2D eigenvalue weighted by molar-refractivity contribution is 8.16. The van der Waals surface area contributed by atoms with E-state index in [-0.39, 0.29) is 0 Å². The van der Waals surface area contributed by atoms with Gasteiger partial charge in [0.15, 0.2) is 5.17 Å². The average molecular weight is 271 g/mol. The van der Waals surface area contributed by atoms with E-state index in [0.717, 1.165) is 11.6 Å². The number of amides is 1. The second kappa shape index (κ2) is 5.42. The highest BCUT2D eigenvalue weighted by Crippen LogP contribution is 2.30. The van der Waals surface area contributed by atoms with Crippen LogP contribution < -0.4 is 4.90 Å². The Morgan fingerprint density at radius 3 is 2.76 bits per heavy atom. The maximum atomic E-state index is 11.2. The largest absolute Gasteiger partial charge is 0.448 e. The number of thioether (sulfide) groups is 1. The van der Waals surface area contributed by atoms with Gasteiger partial charge in [0, 0.05) is 10.7 Å². The van der Waals surface area contributed by atoms with Crippen molar-refractivity contribution < 1.29 is 9.53 Å². The van der Waals surface area contributed by atoms with E-state index >= 15 is 0 Å². The standard InChI is InChI=1S/C11H11ClN2O2S/c1-2-16-11(15)13-10-14(7-17-10)9-5-3-8(12)4-6-9/h3-6H,2,7H2,1H3/b13-10-. The van der Waals surface area contributed by atoms with E-state index in [9.17, 15) is 4.79 Å². The van der Waals surface area contributed by atoms with E-state index in [1.807, 2.05) is 29.2 Å². The number of aliphatic imine (C=N–C) groups is 1. The minimum Gasteiger partial charge on any atom is -0.448 e. The molecule has 1 aliphatic rings. The fourth-order valence-electron chi connectivity index (χ4n) is 1.32. The molecule has 1 amide bonds. The zero-order valence-corrected chi connectivity index (χ0v) is 10.8. The Morgan fingerprint density at radius 1 is 1.53 bits per heavy atom. The predicted octanol–water partition coefficient (Wildman–Crippen LogP) is 3.36. The highest BCUT2D eigenvalue weighted by Gasteiger charge is 2.25. The summed E-state index contributed by atoms with van der Waals surface area (Å²) < 4.78 is 4.76. The lowest BCUT2D eigenvalue weighted by Crippen LogP contribution is -2.39. The van der Waals surface area contributed by atoms with Gasteiger partial charge in [0.2, 0.25) is 0 Å². The molecular formula is C11H11ClN2O2S. The third kappa shape index (κ3) is 2.92. The summed E-state index contributed by atoms with van der Waals surface area (Å²) in [5.74, 6) is 0.778. The summed E-state index contributed by atoms with van der Waals surface area (Å²) in [5, 5.41) is 1.34. The van der Waals surface area contributed by atoms with Crippen LogP contribution in [-0.4, -0.2) is 23.7 Å². The molecule has 1 saturated heterocycles. The number of halogens is 1. The van der Waals surface area contributed by atoms with Crippen LogP contribution in [0.4, 0.5) is 10.5 Å². The average Bonchev–Trinajstić information content (AvgIpc) is 2.28. The molecule has 1 aliphatic heterocycles. The first kappa shape index (κ1) is 12.3. The first-order valence-corrected chi connectivity index (χ1v) is 6.48. The normalized spacial score (nSPS) is 16.8. The zero-order chi connectivity index (χ0) is 12.3. The first-order valence-electron chi connectivity index (χ1n) is 5.12. The number of rotatable bonds is 2. The van der Waals surface area contributed by atoms with Crippen LogP contribution in [0.5, 0.6) is 0 Å². The van der Waals surface area contributed by atoms with Crippen LogP contribution in [0.25, 0.3) is 0 Å². The van der Waals surface area contributed by atoms with Crippen molar-refractivity contribution in [3.63, 3.8) is 0 Å². The molecule has 0 aliphatic carbocycles. The SMILES string of the molecule is CCOC(=O)/N=C1\SCN1c1ccc(Cl)cc1. The minimum absolute atomic E-state index is 0.335. The summed E-state index contributed by atoms with van der Waals surface area (Å²) >= 11 is 7.32. The van der Waals surface area contributed by atoms with Crippen LogP contribution in [0, 0.1) is 0 Å². The van der Waals surface area contributed by atoms with E-state index in [4.69, 9.17) is 16.3 Å². The lowest BCUT2D eigenvalue weighted by atomic mass is 10.3. The number of ether oxygens (including phenoxy) is 1. The number of carbonyl (C=O) groups excluding carboxylic acids is 1. The van der Waals surface area contributed by atoms with Crippen molar-refractivity contribution >= 4 is 40.3 Å². The number of amidine groups is 1. The zero-order valence-electron chi connectivity index (χ0n) is 9.22. The number of benzene rings is 1. The molecule has 17 heavy (non-hydrogen) atoms. The fourth-order valence-corrected chi connectivity index (χ4v) is 2.21. The van der Waals surface area contributed by atoms with Crippen LogP contribution in [0.1, 0.15) is 6.92 Å². The van der Waals surface area contributed by atoms with Gasteiger partial charge in [-0.1, -0.05) is 23.4 Å². The molecule has 0 unspecified atom stereocenters. The van der Waals surface area contributed by atoms with Gasteiger partial charge in [0.1, 0.15) is 0 Å². The Hall–Kier alpha value is -1.20. The Labute approximate surface area is 109 Å². The van der Waals surface area contributed by atoms with Crippen molar-refractivity contribution in [2.45, 2.75) is 6.92 Å². The summed E-state index contributed by atoms with van der Waals surface area (Å²) in [5.41, 5.74) is 0.969. The van der Waals surface area contributed by atoms with Gasteiger partial charge in [-0.3, -0.25) is 0 Å². The maximum Gasteiger partial charge on any atom is 0.436 e. The van der Waals surface area contributed by atoms with Gasteiger partial charge in [-0.2, -0.15) is 4.99 Å². The van der Waals surface area contributed by atoms with Gasteiger partial charge >= 0.3 is 6.09 Å². The van der Waals surface area contributed by atoms with Gasteiger partial charge < -0.3 is 9.64 Å². The fraction of sp³-hybridized carbons (Fsp3) is 0.273. The third-order valence-electron chi connectivity index (χ3n) is 2.15. The quantitative estimate of drug-likeness (QED) is 0.826. The minimum atomic E-state index is -0.548. The molecule has 4 nitrogen and oxygen atoms in total. The number of anilines is 1. The summed E-state index contributed by atoms with van der Waals surface area (Å²) in [6.07, 6.45) is -0.548. The van der Waals surface area contributed by atoms with Crippen molar-refractivity contribution in [2.24, 2.45) is 4.99 Å². The Morgan fingerprint density at radius 2 is 2.24 bits per heavy atom. The van der Waals surface area contributed by atoms with Gasteiger partial charge in [0.25, 0.3) is 0 Å². The van der Waals surface area contributed by atoms with Crippen molar-refractivity contribution in [1.82, 2.24) is 0 Å². The number of hydrogen-bond donors (Lipinski definition) is 0. The molecule has 1 heterocycles. The van der Waals surface area contributed by atoms with Crippen LogP contribution in [0.3, 0.4) is 0 Å². The summed E-state index contributed by atoms with van der Waals surface area (Å²) in [6, 6.07) is 7.40. The van der Waals surface area contributed by atoms with E-state index in [1.54, 1.807) is 6.92 Å². The van der Waals surface area contributed by atoms with E-state index in [1.165, 1.54) is 11.8 Å². The predicted molar refractivity (Wildman–Crippen MR) is 70.8 cm³/mol. The second-order valence-corrected chi connectivity index (χ2v) is 4.62. The smallest absolute Gasteiger partial charge is 0.436 e. The molecule has 1 aromatic carbocycles. The molecule has 2 rings (SSSR count). The molecule has 6 heteroatoms. The molecule has 0 N–H and O–H groups in total. The molecule has 0 radical (unpaired) electrons. The summed E-state index contributed by atoms with van der Waals surface area (Å²) in [6.45, 7) is 2.09. The lowest BCUT2D eigenvalue weighted by Gasteiger charge is -2.33. The monoisotopic (exact) mass is 270 g/mol. The van der Waals surface area contributed by atoms with E-state index < -0.39 is 6.09 Å². The number of carbonyl (C=O) groups is 1. The van der Waals surface area contributed by atoms with Crippen molar-refractivity contribution in [3.8, 4) is 0 Å². The molecule has 0 aromatic heterocycles. The molecular weight excluding hydrogens is 260 g/mol. The number of hydrogen-bond acceptors (Lipinski definition) is 3. The van der Waals surface area contributed by atoms with Crippen LogP contribution in [0.15, 0.2) is 29.3 Å². The third-order valence-corrected chi connectivity index (χ3v) is 3.36. The first-order chi connectivity index (χ1) is 8.20. The topological polar surface area (TPSA) is 41.9 Å². The van der Waals surface area contributed by atoms with Crippen LogP contribution in [0.2, 0.25) is 5.02 Å². The second-order valence-electron chi connectivity index (χ2n) is 3.27. The molecule has 0 saturated carbocycles. The Bertz CT molecular complexity index is 447. The van der Waals surface area contributed by atoms with Crippen molar-refractivity contribution in [3.05, 3.63) is 29.3 Å². The Kier molecular flexibility index (Phi) is 3.91. The molecule has 0 spiro atoms. The van der Waals surface area contributed by atoms with Crippen LogP contribution >= 0.6 is 23.4 Å². The van der Waals surface area contributed by atoms with Gasteiger partial charge in [-0.05, 0) is 31.2 Å². The van der Waals surface area contributed by atoms with Crippen LogP contribution in [-0.2, 0) is 4.74 Å². The lowest BCUT2D eigenvalue weighted by molar-refractivity contribution is 0.163. The van der Waals surface area contributed by atoms with Crippen molar-refractivity contribution in [2.75, 3.05) is 17.4 Å². The summed E-state index contributed by atoms with van der Waals surface area (Å²) in [7, 11) is 0. The Balaban J connectivity index is 2.08. The summed E-state index contributed by atoms with van der Waals surface area (Å²) in [4.78, 5) is 17.0. The molecule has 1 aromatic rings. The maximum absolute atomic E-state index is 11.2. The number of nitrogens with zero attached hydrogens (tertiary/aromatic N) is 2.